The van der Waals surface area contributed by atoms with E-state index in [1.807, 2.05) is 0 Å². The first kappa shape index (κ1) is 11.9. The average Bonchev–Trinajstić information content (AvgIpc) is 2.23. The minimum absolute atomic E-state index is 0.105. The summed E-state index contributed by atoms with van der Waals surface area (Å²) in [6.07, 6.45) is 6.31. The zero-order chi connectivity index (χ0) is 11.5. The SMILES string of the molecule is COC1CC(NC2CCC(C(=O)O)CC2)C1. The van der Waals surface area contributed by atoms with Crippen LogP contribution in [-0.4, -0.2) is 36.4 Å². The van der Waals surface area contributed by atoms with Gasteiger partial charge in [0.15, 0.2) is 0 Å². The second kappa shape index (κ2) is 5.15. The average molecular weight is 227 g/mol. The Morgan fingerprint density at radius 3 is 2.31 bits per heavy atom. The van der Waals surface area contributed by atoms with Crippen molar-refractivity contribution in [1.29, 1.82) is 0 Å². The van der Waals surface area contributed by atoms with Crippen LogP contribution < -0.4 is 5.32 Å². The first-order chi connectivity index (χ1) is 7.69. The van der Waals surface area contributed by atoms with Gasteiger partial charge in [-0.2, -0.15) is 0 Å². The van der Waals surface area contributed by atoms with Crippen molar-refractivity contribution in [3.63, 3.8) is 0 Å². The van der Waals surface area contributed by atoms with Crippen LogP contribution in [0.3, 0.4) is 0 Å². The zero-order valence-electron chi connectivity index (χ0n) is 9.82. The number of carbonyl (C=O) groups is 1. The van der Waals surface area contributed by atoms with Gasteiger partial charge in [-0.1, -0.05) is 0 Å². The predicted molar refractivity (Wildman–Crippen MR) is 60.3 cm³/mol. The van der Waals surface area contributed by atoms with Gasteiger partial charge in [-0.3, -0.25) is 4.79 Å². The van der Waals surface area contributed by atoms with E-state index in [0.29, 0.717) is 18.2 Å². The Bertz CT molecular complexity index is 243. The highest BCUT2D eigenvalue weighted by Crippen LogP contribution is 2.28. The van der Waals surface area contributed by atoms with Crippen LogP contribution in [0.5, 0.6) is 0 Å². The number of hydrogen-bond acceptors (Lipinski definition) is 3. The van der Waals surface area contributed by atoms with Crippen molar-refractivity contribution >= 4 is 5.97 Å². The summed E-state index contributed by atoms with van der Waals surface area (Å²) in [5.74, 6) is -0.729. The second-order valence-electron chi connectivity index (χ2n) is 5.08. The number of nitrogens with one attached hydrogen (secondary N) is 1. The molecular weight excluding hydrogens is 206 g/mol. The number of rotatable bonds is 4. The molecule has 0 bridgehead atoms. The lowest BCUT2D eigenvalue weighted by atomic mass is 9.83. The summed E-state index contributed by atoms with van der Waals surface area (Å²) in [7, 11) is 1.76. The normalized spacial score (nSPS) is 39.1. The summed E-state index contributed by atoms with van der Waals surface area (Å²) < 4.78 is 5.24. The molecule has 2 saturated carbocycles. The van der Waals surface area contributed by atoms with Gasteiger partial charge in [0.1, 0.15) is 0 Å². The molecule has 0 saturated heterocycles. The Kier molecular flexibility index (Phi) is 3.82. The number of hydrogen-bond donors (Lipinski definition) is 2. The van der Waals surface area contributed by atoms with Crippen molar-refractivity contribution < 1.29 is 14.6 Å². The molecule has 2 N–H and O–H groups in total. The predicted octanol–water partition coefficient (Wildman–Crippen LogP) is 1.40. The van der Waals surface area contributed by atoms with Gasteiger partial charge in [0.2, 0.25) is 0 Å². The molecule has 0 heterocycles. The number of ether oxygens (including phenoxy) is 1. The highest BCUT2D eigenvalue weighted by molar-refractivity contribution is 5.70. The van der Waals surface area contributed by atoms with Gasteiger partial charge in [0, 0.05) is 19.2 Å². The van der Waals surface area contributed by atoms with Gasteiger partial charge in [0.25, 0.3) is 0 Å². The molecule has 4 heteroatoms. The topological polar surface area (TPSA) is 58.6 Å². The van der Waals surface area contributed by atoms with Crippen LogP contribution >= 0.6 is 0 Å². The van der Waals surface area contributed by atoms with E-state index in [-0.39, 0.29) is 5.92 Å². The van der Waals surface area contributed by atoms with Crippen LogP contribution in [0.25, 0.3) is 0 Å². The molecule has 4 nitrogen and oxygen atoms in total. The third-order valence-electron chi connectivity index (χ3n) is 3.98. The quantitative estimate of drug-likeness (QED) is 0.762. The van der Waals surface area contributed by atoms with Gasteiger partial charge in [-0.15, -0.1) is 0 Å². The van der Waals surface area contributed by atoms with Crippen LogP contribution in [0, 0.1) is 5.92 Å². The standard InChI is InChI=1S/C12H21NO3/c1-16-11-6-10(7-11)13-9-4-2-8(3-5-9)12(14)15/h8-11,13H,2-7H2,1H3,(H,14,15). The molecule has 0 atom stereocenters. The molecule has 0 aromatic heterocycles. The fraction of sp³-hybridized carbons (Fsp3) is 0.917. The van der Waals surface area contributed by atoms with E-state index < -0.39 is 5.97 Å². The van der Waals surface area contributed by atoms with E-state index in [1.54, 1.807) is 7.11 Å². The lowest BCUT2D eigenvalue weighted by Crippen LogP contribution is -2.50. The zero-order valence-corrected chi connectivity index (χ0v) is 9.82. The Labute approximate surface area is 96.4 Å². The molecule has 2 aliphatic rings. The lowest BCUT2D eigenvalue weighted by molar-refractivity contribution is -0.142. The van der Waals surface area contributed by atoms with Crippen LogP contribution in [0.15, 0.2) is 0 Å². The molecule has 0 aliphatic heterocycles. The first-order valence-electron chi connectivity index (χ1n) is 6.20. The maximum Gasteiger partial charge on any atom is 0.306 e. The highest BCUT2D eigenvalue weighted by atomic mass is 16.5. The van der Waals surface area contributed by atoms with Gasteiger partial charge in [0.05, 0.1) is 12.0 Å². The molecule has 0 radical (unpaired) electrons. The third kappa shape index (κ3) is 2.74. The molecule has 0 spiro atoms. The molecule has 2 rings (SSSR count). The van der Waals surface area contributed by atoms with Crippen molar-refractivity contribution in [3.05, 3.63) is 0 Å². The van der Waals surface area contributed by atoms with Gasteiger partial charge in [-0.05, 0) is 38.5 Å². The molecule has 16 heavy (non-hydrogen) atoms. The Balaban J connectivity index is 1.64. The van der Waals surface area contributed by atoms with Crippen molar-refractivity contribution in [2.24, 2.45) is 5.92 Å². The molecular formula is C12H21NO3. The van der Waals surface area contributed by atoms with Crippen LogP contribution in [0.2, 0.25) is 0 Å². The molecule has 0 aromatic carbocycles. The van der Waals surface area contributed by atoms with E-state index in [1.165, 1.54) is 0 Å². The third-order valence-corrected chi connectivity index (χ3v) is 3.98. The largest absolute Gasteiger partial charge is 0.481 e. The Morgan fingerprint density at radius 1 is 1.19 bits per heavy atom. The molecule has 0 amide bonds. The molecule has 0 aromatic rings. The van der Waals surface area contributed by atoms with E-state index in [9.17, 15) is 4.79 Å². The van der Waals surface area contributed by atoms with Gasteiger partial charge >= 0.3 is 5.97 Å². The monoisotopic (exact) mass is 227 g/mol. The maximum absolute atomic E-state index is 10.8. The summed E-state index contributed by atoms with van der Waals surface area (Å²) in [5, 5.41) is 12.5. The summed E-state index contributed by atoms with van der Waals surface area (Å²) in [4.78, 5) is 10.8. The van der Waals surface area contributed by atoms with E-state index in [2.05, 4.69) is 5.32 Å². The first-order valence-corrected chi connectivity index (χ1v) is 6.20. The van der Waals surface area contributed by atoms with Crippen molar-refractivity contribution in [2.75, 3.05) is 7.11 Å². The lowest BCUT2D eigenvalue weighted by Gasteiger charge is -2.39. The maximum atomic E-state index is 10.8. The summed E-state index contributed by atoms with van der Waals surface area (Å²) in [6.45, 7) is 0. The number of carboxylic acid groups (broad SMARTS) is 1. The summed E-state index contributed by atoms with van der Waals surface area (Å²) in [6, 6.07) is 1.12. The smallest absolute Gasteiger partial charge is 0.306 e. The fourth-order valence-corrected chi connectivity index (χ4v) is 2.73. The second-order valence-corrected chi connectivity index (χ2v) is 5.08. The van der Waals surface area contributed by atoms with Crippen molar-refractivity contribution in [3.8, 4) is 0 Å². The minimum atomic E-state index is -0.624. The molecule has 0 unspecified atom stereocenters. The van der Waals surface area contributed by atoms with E-state index in [4.69, 9.17) is 9.84 Å². The van der Waals surface area contributed by atoms with Crippen LogP contribution in [-0.2, 0) is 9.53 Å². The number of carboxylic acids is 1. The number of methoxy groups -OCH3 is 1. The van der Waals surface area contributed by atoms with Crippen LogP contribution in [0.4, 0.5) is 0 Å². The fourth-order valence-electron chi connectivity index (χ4n) is 2.73. The Morgan fingerprint density at radius 2 is 1.81 bits per heavy atom. The Hall–Kier alpha value is -0.610. The van der Waals surface area contributed by atoms with Crippen molar-refractivity contribution in [1.82, 2.24) is 5.32 Å². The highest BCUT2D eigenvalue weighted by Gasteiger charge is 2.32. The summed E-state index contributed by atoms with van der Waals surface area (Å²) in [5.41, 5.74) is 0. The molecule has 92 valence electrons. The van der Waals surface area contributed by atoms with Crippen molar-refractivity contribution in [2.45, 2.75) is 56.7 Å². The van der Waals surface area contributed by atoms with Gasteiger partial charge in [-0.25, -0.2) is 0 Å². The molecule has 2 aliphatic carbocycles. The minimum Gasteiger partial charge on any atom is -0.481 e. The van der Waals surface area contributed by atoms with Crippen LogP contribution in [0.1, 0.15) is 38.5 Å². The summed E-state index contributed by atoms with van der Waals surface area (Å²) >= 11 is 0. The number of aliphatic carboxylic acids is 1. The van der Waals surface area contributed by atoms with E-state index >= 15 is 0 Å². The van der Waals surface area contributed by atoms with E-state index in [0.717, 1.165) is 38.5 Å². The molecule has 2 fully saturated rings. The van der Waals surface area contributed by atoms with Gasteiger partial charge < -0.3 is 15.2 Å².